The number of thiophene rings is 1. The maximum absolute atomic E-state index is 3.33. The Balaban J connectivity index is 1.84. The van der Waals surface area contributed by atoms with E-state index < -0.39 is 0 Å². The van der Waals surface area contributed by atoms with Crippen LogP contribution < -0.4 is 5.32 Å². The molecule has 1 aliphatic rings. The first-order chi connectivity index (χ1) is 6.38. The van der Waals surface area contributed by atoms with Crippen molar-refractivity contribution in [3.8, 4) is 0 Å². The highest BCUT2D eigenvalue weighted by Crippen LogP contribution is 2.14. The van der Waals surface area contributed by atoms with E-state index in [0.717, 1.165) is 6.54 Å². The topological polar surface area (TPSA) is 15.3 Å². The molecule has 1 saturated heterocycles. The van der Waals surface area contributed by atoms with Crippen molar-refractivity contribution in [3.05, 3.63) is 22.4 Å². The fourth-order valence-electron chi connectivity index (χ4n) is 1.85. The van der Waals surface area contributed by atoms with E-state index in [1.807, 2.05) is 0 Å². The molecule has 1 unspecified atom stereocenters. The van der Waals surface area contributed by atoms with Gasteiger partial charge in [0.15, 0.2) is 0 Å². The quantitative estimate of drug-likeness (QED) is 0.789. The minimum atomic E-state index is 0.707. The highest BCUT2D eigenvalue weighted by molar-refractivity contribution is 7.07. The Morgan fingerprint density at radius 3 is 3.23 bits per heavy atom. The largest absolute Gasteiger partial charge is 0.316 e. The second-order valence-electron chi connectivity index (χ2n) is 3.64. The highest BCUT2D eigenvalue weighted by Gasteiger charge is 2.20. The molecule has 0 bridgehead atoms. The summed E-state index contributed by atoms with van der Waals surface area (Å²) in [4.78, 5) is 2.52. The first kappa shape index (κ1) is 9.19. The van der Waals surface area contributed by atoms with Crippen LogP contribution in [0.1, 0.15) is 12.0 Å². The van der Waals surface area contributed by atoms with Gasteiger partial charge in [0.05, 0.1) is 0 Å². The lowest BCUT2D eigenvalue weighted by molar-refractivity contribution is 0.323. The van der Waals surface area contributed by atoms with E-state index in [1.165, 1.54) is 25.1 Å². The average Bonchev–Trinajstić information content (AvgIpc) is 2.76. The SMILES string of the molecule is CNC1CCN(Cc2ccsc2)C1. The van der Waals surface area contributed by atoms with Crippen LogP contribution in [0.15, 0.2) is 16.8 Å². The predicted molar refractivity (Wildman–Crippen MR) is 57.1 cm³/mol. The predicted octanol–water partition coefficient (Wildman–Crippen LogP) is 1.54. The maximum Gasteiger partial charge on any atom is 0.0242 e. The molecule has 3 heteroatoms. The Morgan fingerprint density at radius 2 is 2.62 bits per heavy atom. The van der Waals surface area contributed by atoms with Gasteiger partial charge in [-0.05, 0) is 35.9 Å². The molecular weight excluding hydrogens is 180 g/mol. The van der Waals surface area contributed by atoms with Crippen molar-refractivity contribution in [1.29, 1.82) is 0 Å². The molecule has 0 aliphatic carbocycles. The van der Waals surface area contributed by atoms with Crippen LogP contribution in [0.2, 0.25) is 0 Å². The zero-order valence-corrected chi connectivity index (χ0v) is 8.81. The maximum atomic E-state index is 3.33. The van der Waals surface area contributed by atoms with E-state index in [0.29, 0.717) is 6.04 Å². The molecule has 0 amide bonds. The third-order valence-electron chi connectivity index (χ3n) is 2.67. The van der Waals surface area contributed by atoms with Crippen molar-refractivity contribution in [2.24, 2.45) is 0 Å². The van der Waals surface area contributed by atoms with Crippen LogP contribution in [0.25, 0.3) is 0 Å². The van der Waals surface area contributed by atoms with Crippen molar-refractivity contribution >= 4 is 11.3 Å². The zero-order chi connectivity index (χ0) is 9.10. The number of likely N-dealkylation sites (tertiary alicyclic amines) is 1. The Bertz CT molecular complexity index is 245. The lowest BCUT2D eigenvalue weighted by Crippen LogP contribution is -2.29. The zero-order valence-electron chi connectivity index (χ0n) is 7.99. The summed E-state index contributed by atoms with van der Waals surface area (Å²) in [6.07, 6.45) is 1.29. The van der Waals surface area contributed by atoms with E-state index in [2.05, 4.69) is 34.1 Å². The summed E-state index contributed by atoms with van der Waals surface area (Å²) in [5.41, 5.74) is 1.46. The van der Waals surface area contributed by atoms with Crippen molar-refractivity contribution in [2.45, 2.75) is 19.0 Å². The molecule has 1 aromatic rings. The van der Waals surface area contributed by atoms with Gasteiger partial charge >= 0.3 is 0 Å². The van der Waals surface area contributed by atoms with E-state index in [9.17, 15) is 0 Å². The third-order valence-corrected chi connectivity index (χ3v) is 3.40. The van der Waals surface area contributed by atoms with Gasteiger partial charge in [-0.15, -0.1) is 0 Å². The van der Waals surface area contributed by atoms with Crippen molar-refractivity contribution in [1.82, 2.24) is 10.2 Å². The summed E-state index contributed by atoms with van der Waals surface area (Å²) in [6.45, 7) is 3.56. The summed E-state index contributed by atoms with van der Waals surface area (Å²) in [6, 6.07) is 2.93. The molecule has 72 valence electrons. The number of rotatable bonds is 3. The molecular formula is C10H16N2S. The van der Waals surface area contributed by atoms with E-state index >= 15 is 0 Å². The first-order valence-electron chi connectivity index (χ1n) is 4.79. The number of hydrogen-bond acceptors (Lipinski definition) is 3. The standard InChI is InChI=1S/C10H16N2S/c1-11-10-2-4-12(7-10)6-9-3-5-13-8-9/h3,5,8,10-11H,2,4,6-7H2,1H3. The smallest absolute Gasteiger partial charge is 0.0242 e. The number of nitrogens with one attached hydrogen (secondary N) is 1. The van der Waals surface area contributed by atoms with Gasteiger partial charge in [-0.3, -0.25) is 4.90 Å². The van der Waals surface area contributed by atoms with Gasteiger partial charge in [0.25, 0.3) is 0 Å². The molecule has 0 radical (unpaired) electrons. The molecule has 1 fully saturated rings. The molecule has 1 atom stereocenters. The first-order valence-corrected chi connectivity index (χ1v) is 5.73. The van der Waals surface area contributed by atoms with Crippen LogP contribution in [-0.2, 0) is 6.54 Å². The average molecular weight is 196 g/mol. The molecule has 2 rings (SSSR count). The molecule has 1 aliphatic heterocycles. The van der Waals surface area contributed by atoms with Crippen LogP contribution in [0.4, 0.5) is 0 Å². The highest BCUT2D eigenvalue weighted by atomic mass is 32.1. The molecule has 1 aromatic heterocycles. The Morgan fingerprint density at radius 1 is 1.69 bits per heavy atom. The third kappa shape index (κ3) is 2.30. The van der Waals surface area contributed by atoms with Gasteiger partial charge in [0.1, 0.15) is 0 Å². The van der Waals surface area contributed by atoms with Gasteiger partial charge < -0.3 is 5.32 Å². The number of nitrogens with zero attached hydrogens (tertiary/aromatic N) is 1. The minimum Gasteiger partial charge on any atom is -0.316 e. The lowest BCUT2D eigenvalue weighted by atomic mass is 10.3. The Labute approximate surface area is 83.6 Å². The summed E-state index contributed by atoms with van der Waals surface area (Å²) < 4.78 is 0. The molecule has 0 spiro atoms. The molecule has 13 heavy (non-hydrogen) atoms. The van der Waals surface area contributed by atoms with Crippen LogP contribution >= 0.6 is 11.3 Å². The van der Waals surface area contributed by atoms with Crippen LogP contribution in [-0.4, -0.2) is 31.1 Å². The van der Waals surface area contributed by atoms with Crippen LogP contribution in [0, 0.1) is 0 Å². The summed E-state index contributed by atoms with van der Waals surface area (Å²) in [7, 11) is 2.05. The van der Waals surface area contributed by atoms with Gasteiger partial charge in [0, 0.05) is 25.7 Å². The summed E-state index contributed by atoms with van der Waals surface area (Å²) in [5.74, 6) is 0. The molecule has 0 aromatic carbocycles. The molecule has 2 heterocycles. The molecule has 0 saturated carbocycles. The Kier molecular flexibility index (Phi) is 2.98. The monoisotopic (exact) mass is 196 g/mol. The summed E-state index contributed by atoms with van der Waals surface area (Å²) >= 11 is 1.79. The Hall–Kier alpha value is -0.380. The normalized spacial score (nSPS) is 23.9. The minimum absolute atomic E-state index is 0.707. The van der Waals surface area contributed by atoms with E-state index in [4.69, 9.17) is 0 Å². The van der Waals surface area contributed by atoms with Crippen LogP contribution in [0.3, 0.4) is 0 Å². The van der Waals surface area contributed by atoms with Gasteiger partial charge in [0.2, 0.25) is 0 Å². The van der Waals surface area contributed by atoms with Gasteiger partial charge in [-0.25, -0.2) is 0 Å². The number of likely N-dealkylation sites (N-methyl/N-ethyl adjacent to an activating group) is 1. The van der Waals surface area contributed by atoms with Crippen molar-refractivity contribution < 1.29 is 0 Å². The van der Waals surface area contributed by atoms with Gasteiger partial charge in [-0.1, -0.05) is 0 Å². The fraction of sp³-hybridized carbons (Fsp3) is 0.600. The van der Waals surface area contributed by atoms with Crippen LogP contribution in [0.5, 0.6) is 0 Å². The molecule has 1 N–H and O–H groups in total. The summed E-state index contributed by atoms with van der Waals surface area (Å²) in [5, 5.41) is 7.73. The van der Waals surface area contributed by atoms with Gasteiger partial charge in [-0.2, -0.15) is 11.3 Å². The van der Waals surface area contributed by atoms with E-state index in [-0.39, 0.29) is 0 Å². The van der Waals surface area contributed by atoms with E-state index in [1.54, 1.807) is 11.3 Å². The number of hydrogen-bond donors (Lipinski definition) is 1. The molecule has 2 nitrogen and oxygen atoms in total. The van der Waals surface area contributed by atoms with Crippen molar-refractivity contribution in [2.75, 3.05) is 20.1 Å². The lowest BCUT2D eigenvalue weighted by Gasteiger charge is -2.14. The second kappa shape index (κ2) is 4.22. The second-order valence-corrected chi connectivity index (χ2v) is 4.42. The fourth-order valence-corrected chi connectivity index (χ4v) is 2.51. The van der Waals surface area contributed by atoms with Crippen molar-refractivity contribution in [3.63, 3.8) is 0 Å².